The number of esters is 1. The van der Waals surface area contributed by atoms with Crippen LogP contribution in [-0.4, -0.2) is 26.0 Å². The molecule has 2 aromatic rings. The van der Waals surface area contributed by atoms with Crippen LogP contribution in [0.5, 0.6) is 5.75 Å². The van der Waals surface area contributed by atoms with Crippen molar-refractivity contribution in [2.24, 2.45) is 0 Å². The standard InChI is InChI=1S/C19H20O4/c1-13(20)17(16-6-4-5-7-18(16)22-2)12-14-8-10-15(11-9-14)19(21)23-3/h4-11,17H,12H2,1-3H3. The highest BCUT2D eigenvalue weighted by molar-refractivity contribution is 5.89. The molecule has 0 amide bonds. The second kappa shape index (κ2) is 7.58. The molecule has 0 aliphatic heterocycles. The number of para-hydroxylation sites is 1. The first kappa shape index (κ1) is 16.7. The fourth-order valence-electron chi connectivity index (χ4n) is 2.56. The number of hydrogen-bond acceptors (Lipinski definition) is 4. The lowest BCUT2D eigenvalue weighted by Gasteiger charge is -2.17. The van der Waals surface area contributed by atoms with Gasteiger partial charge in [-0.25, -0.2) is 4.79 Å². The van der Waals surface area contributed by atoms with E-state index in [4.69, 9.17) is 4.74 Å². The summed E-state index contributed by atoms with van der Waals surface area (Å²) in [6.07, 6.45) is 0.553. The van der Waals surface area contributed by atoms with Crippen molar-refractivity contribution in [1.82, 2.24) is 0 Å². The number of carbonyl (C=O) groups excluding carboxylic acids is 2. The van der Waals surface area contributed by atoms with Crippen LogP contribution in [0.1, 0.15) is 34.3 Å². The van der Waals surface area contributed by atoms with Crippen molar-refractivity contribution < 1.29 is 19.1 Å². The molecule has 0 saturated heterocycles. The van der Waals surface area contributed by atoms with Crippen LogP contribution in [0.25, 0.3) is 0 Å². The minimum absolute atomic E-state index is 0.0755. The quantitative estimate of drug-likeness (QED) is 0.767. The Balaban J connectivity index is 2.26. The normalized spacial score (nSPS) is 11.6. The third-order valence-corrected chi connectivity index (χ3v) is 3.82. The van der Waals surface area contributed by atoms with Crippen LogP contribution in [0.2, 0.25) is 0 Å². The Labute approximate surface area is 136 Å². The minimum Gasteiger partial charge on any atom is -0.496 e. The van der Waals surface area contributed by atoms with E-state index in [1.165, 1.54) is 7.11 Å². The molecule has 4 nitrogen and oxygen atoms in total. The molecular weight excluding hydrogens is 292 g/mol. The van der Waals surface area contributed by atoms with Gasteiger partial charge in [-0.15, -0.1) is 0 Å². The zero-order chi connectivity index (χ0) is 16.8. The summed E-state index contributed by atoms with van der Waals surface area (Å²) in [6, 6.07) is 14.6. The highest BCUT2D eigenvalue weighted by Crippen LogP contribution is 2.30. The summed E-state index contributed by atoms with van der Waals surface area (Å²) < 4.78 is 10.1. The van der Waals surface area contributed by atoms with E-state index in [-0.39, 0.29) is 17.7 Å². The van der Waals surface area contributed by atoms with Gasteiger partial charge in [-0.1, -0.05) is 30.3 Å². The van der Waals surface area contributed by atoms with E-state index in [9.17, 15) is 9.59 Å². The Morgan fingerprint density at radius 2 is 1.65 bits per heavy atom. The summed E-state index contributed by atoms with van der Waals surface area (Å²) in [7, 11) is 2.95. The summed E-state index contributed by atoms with van der Waals surface area (Å²) in [5, 5.41) is 0. The lowest BCUT2D eigenvalue weighted by Crippen LogP contribution is -2.13. The maximum Gasteiger partial charge on any atom is 0.337 e. The highest BCUT2D eigenvalue weighted by Gasteiger charge is 2.21. The molecule has 0 aromatic heterocycles. The fourth-order valence-corrected chi connectivity index (χ4v) is 2.56. The van der Waals surface area contributed by atoms with E-state index in [1.54, 1.807) is 26.2 Å². The highest BCUT2D eigenvalue weighted by atomic mass is 16.5. The van der Waals surface area contributed by atoms with Gasteiger partial charge in [-0.05, 0) is 37.1 Å². The fraction of sp³-hybridized carbons (Fsp3) is 0.263. The molecular formula is C19H20O4. The maximum atomic E-state index is 12.1. The van der Waals surface area contributed by atoms with Crippen LogP contribution < -0.4 is 4.74 Å². The SMILES string of the molecule is COC(=O)c1ccc(CC(C(C)=O)c2ccccc2OC)cc1. The van der Waals surface area contributed by atoms with Crippen molar-refractivity contribution in [2.45, 2.75) is 19.3 Å². The molecule has 0 fully saturated rings. The molecule has 0 heterocycles. The molecule has 0 aliphatic rings. The van der Waals surface area contributed by atoms with Gasteiger partial charge in [-0.2, -0.15) is 0 Å². The van der Waals surface area contributed by atoms with Gasteiger partial charge in [0.1, 0.15) is 11.5 Å². The number of Topliss-reactive ketones (excluding diaryl/α,β-unsaturated/α-hetero) is 1. The third-order valence-electron chi connectivity index (χ3n) is 3.82. The van der Waals surface area contributed by atoms with Crippen LogP contribution in [0.4, 0.5) is 0 Å². The van der Waals surface area contributed by atoms with Crippen LogP contribution in [-0.2, 0) is 16.0 Å². The average Bonchev–Trinajstić information content (AvgIpc) is 2.59. The van der Waals surface area contributed by atoms with Gasteiger partial charge in [0.2, 0.25) is 0 Å². The third kappa shape index (κ3) is 3.97. The molecule has 2 rings (SSSR count). The number of benzene rings is 2. The van der Waals surface area contributed by atoms with Crippen molar-refractivity contribution in [2.75, 3.05) is 14.2 Å². The monoisotopic (exact) mass is 312 g/mol. The van der Waals surface area contributed by atoms with Crippen LogP contribution in [0.3, 0.4) is 0 Å². The number of ether oxygens (including phenoxy) is 2. The maximum absolute atomic E-state index is 12.1. The number of methoxy groups -OCH3 is 2. The van der Waals surface area contributed by atoms with Crippen LogP contribution in [0.15, 0.2) is 48.5 Å². The molecule has 0 aliphatic carbocycles. The molecule has 0 N–H and O–H groups in total. The zero-order valence-corrected chi connectivity index (χ0v) is 13.5. The summed E-state index contributed by atoms with van der Waals surface area (Å²) in [6.45, 7) is 1.58. The molecule has 0 radical (unpaired) electrons. The zero-order valence-electron chi connectivity index (χ0n) is 13.5. The molecule has 4 heteroatoms. The van der Waals surface area contributed by atoms with Crippen molar-refractivity contribution in [3.63, 3.8) is 0 Å². The second-order valence-electron chi connectivity index (χ2n) is 5.30. The number of hydrogen-bond donors (Lipinski definition) is 0. The predicted octanol–water partition coefficient (Wildman–Crippen LogP) is 3.40. The lowest BCUT2D eigenvalue weighted by molar-refractivity contribution is -0.118. The molecule has 120 valence electrons. The van der Waals surface area contributed by atoms with Gasteiger partial charge in [0.05, 0.1) is 25.7 Å². The van der Waals surface area contributed by atoms with Crippen molar-refractivity contribution in [1.29, 1.82) is 0 Å². The van der Waals surface area contributed by atoms with Crippen molar-refractivity contribution in [3.05, 3.63) is 65.2 Å². The van der Waals surface area contributed by atoms with Gasteiger partial charge >= 0.3 is 5.97 Å². The largest absolute Gasteiger partial charge is 0.496 e. The summed E-state index contributed by atoms with van der Waals surface area (Å²) in [5.74, 6) is 0.130. The second-order valence-corrected chi connectivity index (χ2v) is 5.30. The van der Waals surface area contributed by atoms with E-state index >= 15 is 0 Å². The molecule has 2 aromatic carbocycles. The molecule has 0 spiro atoms. The van der Waals surface area contributed by atoms with Gasteiger partial charge in [-0.3, -0.25) is 4.79 Å². The van der Waals surface area contributed by atoms with Gasteiger partial charge in [0, 0.05) is 5.56 Å². The van der Waals surface area contributed by atoms with Gasteiger partial charge < -0.3 is 9.47 Å². The van der Waals surface area contributed by atoms with Crippen LogP contribution in [0, 0.1) is 0 Å². The van der Waals surface area contributed by atoms with Crippen molar-refractivity contribution >= 4 is 11.8 Å². The summed E-state index contributed by atoms with van der Waals surface area (Å²) in [5.41, 5.74) is 2.34. The Bertz CT molecular complexity index is 689. The molecule has 1 atom stereocenters. The van der Waals surface area contributed by atoms with Crippen LogP contribution >= 0.6 is 0 Å². The Hall–Kier alpha value is -2.62. The lowest BCUT2D eigenvalue weighted by atomic mass is 9.88. The van der Waals surface area contributed by atoms with Crippen molar-refractivity contribution in [3.8, 4) is 5.75 Å². The molecule has 23 heavy (non-hydrogen) atoms. The number of carbonyl (C=O) groups is 2. The molecule has 0 bridgehead atoms. The van der Waals surface area contributed by atoms with E-state index in [0.717, 1.165) is 11.1 Å². The Morgan fingerprint density at radius 3 is 2.22 bits per heavy atom. The van der Waals surface area contributed by atoms with Gasteiger partial charge in [0.25, 0.3) is 0 Å². The average molecular weight is 312 g/mol. The number of ketones is 1. The Morgan fingerprint density at radius 1 is 1.00 bits per heavy atom. The predicted molar refractivity (Wildman–Crippen MR) is 87.9 cm³/mol. The smallest absolute Gasteiger partial charge is 0.337 e. The molecule has 0 saturated carbocycles. The van der Waals surface area contributed by atoms with Gasteiger partial charge in [0.15, 0.2) is 0 Å². The summed E-state index contributed by atoms with van der Waals surface area (Å²) >= 11 is 0. The van der Waals surface area contributed by atoms with E-state index in [0.29, 0.717) is 17.7 Å². The minimum atomic E-state index is -0.371. The summed E-state index contributed by atoms with van der Waals surface area (Å²) in [4.78, 5) is 23.6. The van der Waals surface area contributed by atoms with E-state index in [2.05, 4.69) is 4.74 Å². The first-order valence-corrected chi connectivity index (χ1v) is 7.37. The van der Waals surface area contributed by atoms with E-state index in [1.807, 2.05) is 36.4 Å². The first-order valence-electron chi connectivity index (χ1n) is 7.37. The topological polar surface area (TPSA) is 52.6 Å². The number of rotatable bonds is 6. The first-order chi connectivity index (χ1) is 11.1. The Kier molecular flexibility index (Phi) is 5.52. The van der Waals surface area contributed by atoms with E-state index < -0.39 is 0 Å². The molecule has 1 unspecified atom stereocenters.